The summed E-state index contributed by atoms with van der Waals surface area (Å²) in [7, 11) is 0. The lowest BCUT2D eigenvalue weighted by atomic mass is 10.2. The number of nitrogens with zero attached hydrogens (tertiary/aromatic N) is 2. The topological polar surface area (TPSA) is 71.5 Å². The number of amides is 1. The highest BCUT2D eigenvalue weighted by molar-refractivity contribution is 5.65. The molecule has 0 bridgehead atoms. The van der Waals surface area contributed by atoms with E-state index in [2.05, 4.69) is 0 Å². The van der Waals surface area contributed by atoms with Gasteiger partial charge in [0.15, 0.2) is 17.4 Å². The number of halogens is 2. The van der Waals surface area contributed by atoms with E-state index < -0.39 is 23.5 Å². The Hall–Kier alpha value is -2.13. The third kappa shape index (κ3) is 4.16. The van der Waals surface area contributed by atoms with E-state index in [4.69, 9.17) is 19.3 Å². The number of hydrogen-bond acceptors (Lipinski definition) is 5. The van der Waals surface area contributed by atoms with Gasteiger partial charge in [0.1, 0.15) is 18.5 Å². The number of piperazine rings is 1. The van der Waals surface area contributed by atoms with Crippen molar-refractivity contribution in [2.75, 3.05) is 44.3 Å². The zero-order chi connectivity index (χ0) is 18.9. The SMILES string of the molecule is CC1(C)OC[C@H](COc2cc(N3CCN(C(=O)O)CC3)c(F)cc2F)O1. The summed E-state index contributed by atoms with van der Waals surface area (Å²) in [6.45, 7) is 5.12. The Labute approximate surface area is 150 Å². The van der Waals surface area contributed by atoms with Crippen LogP contribution in [0.1, 0.15) is 13.8 Å². The molecule has 0 radical (unpaired) electrons. The highest BCUT2D eigenvalue weighted by atomic mass is 19.1. The minimum atomic E-state index is -1.00. The molecular formula is C17H22F2N2O5. The second-order valence-corrected chi connectivity index (χ2v) is 6.75. The van der Waals surface area contributed by atoms with Crippen LogP contribution in [0.4, 0.5) is 19.3 Å². The molecule has 2 fully saturated rings. The normalized spacial score (nSPS) is 22.5. The van der Waals surface area contributed by atoms with Crippen LogP contribution in [0, 0.1) is 11.6 Å². The molecular weight excluding hydrogens is 350 g/mol. The quantitative estimate of drug-likeness (QED) is 0.875. The van der Waals surface area contributed by atoms with Gasteiger partial charge in [0.25, 0.3) is 0 Å². The molecule has 2 aliphatic heterocycles. The largest absolute Gasteiger partial charge is 0.488 e. The zero-order valence-corrected chi connectivity index (χ0v) is 14.7. The zero-order valence-electron chi connectivity index (χ0n) is 14.7. The molecule has 1 aromatic rings. The first-order chi connectivity index (χ1) is 12.2. The van der Waals surface area contributed by atoms with Gasteiger partial charge in [-0.25, -0.2) is 13.6 Å². The molecule has 9 heteroatoms. The smallest absolute Gasteiger partial charge is 0.407 e. The van der Waals surface area contributed by atoms with Crippen molar-refractivity contribution < 1.29 is 32.9 Å². The first-order valence-corrected chi connectivity index (χ1v) is 8.41. The summed E-state index contributed by atoms with van der Waals surface area (Å²) in [5.74, 6) is -2.28. The summed E-state index contributed by atoms with van der Waals surface area (Å²) in [6.07, 6.45) is -1.34. The predicted molar refractivity (Wildman–Crippen MR) is 88.6 cm³/mol. The average Bonchev–Trinajstić information content (AvgIpc) is 2.93. The maximum Gasteiger partial charge on any atom is 0.407 e. The van der Waals surface area contributed by atoms with E-state index in [0.29, 0.717) is 19.7 Å². The van der Waals surface area contributed by atoms with Crippen LogP contribution in [-0.2, 0) is 9.47 Å². The maximum absolute atomic E-state index is 14.2. The summed E-state index contributed by atoms with van der Waals surface area (Å²) in [5.41, 5.74) is 0.190. The van der Waals surface area contributed by atoms with Crippen molar-refractivity contribution in [3.63, 3.8) is 0 Å². The summed E-state index contributed by atoms with van der Waals surface area (Å²) < 4.78 is 44.8. The van der Waals surface area contributed by atoms with E-state index in [-0.39, 0.29) is 37.2 Å². The van der Waals surface area contributed by atoms with Crippen molar-refractivity contribution in [3.05, 3.63) is 23.8 Å². The first kappa shape index (κ1) is 18.7. The number of benzene rings is 1. The van der Waals surface area contributed by atoms with Crippen LogP contribution >= 0.6 is 0 Å². The molecule has 3 rings (SSSR count). The lowest BCUT2D eigenvalue weighted by Crippen LogP contribution is -2.48. The van der Waals surface area contributed by atoms with Crippen molar-refractivity contribution in [1.29, 1.82) is 0 Å². The van der Waals surface area contributed by atoms with Gasteiger partial charge in [-0.1, -0.05) is 0 Å². The Bertz CT molecular complexity index is 677. The van der Waals surface area contributed by atoms with Gasteiger partial charge in [-0.2, -0.15) is 0 Å². The maximum atomic E-state index is 14.2. The van der Waals surface area contributed by atoms with E-state index >= 15 is 0 Å². The lowest BCUT2D eigenvalue weighted by Gasteiger charge is -2.34. The van der Waals surface area contributed by atoms with Crippen LogP contribution < -0.4 is 9.64 Å². The number of rotatable bonds is 4. The molecule has 7 nitrogen and oxygen atoms in total. The van der Waals surface area contributed by atoms with Gasteiger partial charge in [-0.15, -0.1) is 0 Å². The molecule has 1 atom stereocenters. The van der Waals surface area contributed by atoms with Crippen LogP contribution in [-0.4, -0.2) is 67.4 Å². The van der Waals surface area contributed by atoms with Gasteiger partial charge in [-0.05, 0) is 13.8 Å². The van der Waals surface area contributed by atoms with Gasteiger partial charge in [-0.3, -0.25) is 0 Å². The monoisotopic (exact) mass is 372 g/mol. The number of anilines is 1. The van der Waals surface area contributed by atoms with Crippen molar-refractivity contribution in [2.45, 2.75) is 25.7 Å². The van der Waals surface area contributed by atoms with Crippen LogP contribution in [0.3, 0.4) is 0 Å². The van der Waals surface area contributed by atoms with Crippen LogP contribution in [0.5, 0.6) is 5.75 Å². The summed E-state index contributed by atoms with van der Waals surface area (Å²) in [6, 6.07) is 2.09. The first-order valence-electron chi connectivity index (χ1n) is 8.41. The van der Waals surface area contributed by atoms with E-state index in [1.54, 1.807) is 18.7 Å². The molecule has 2 aliphatic rings. The van der Waals surface area contributed by atoms with E-state index in [1.807, 2.05) is 0 Å². The van der Waals surface area contributed by atoms with E-state index in [0.717, 1.165) is 6.07 Å². The fourth-order valence-electron chi connectivity index (χ4n) is 3.04. The Balaban J connectivity index is 1.66. The van der Waals surface area contributed by atoms with Crippen molar-refractivity contribution in [2.24, 2.45) is 0 Å². The molecule has 1 aromatic carbocycles. The molecule has 0 aliphatic carbocycles. The van der Waals surface area contributed by atoms with Crippen LogP contribution in [0.25, 0.3) is 0 Å². The van der Waals surface area contributed by atoms with Gasteiger partial charge in [0.2, 0.25) is 0 Å². The van der Waals surface area contributed by atoms with Crippen LogP contribution in [0.2, 0.25) is 0 Å². The van der Waals surface area contributed by atoms with Crippen molar-refractivity contribution in [3.8, 4) is 5.75 Å². The molecule has 0 unspecified atom stereocenters. The minimum absolute atomic E-state index is 0.0737. The van der Waals surface area contributed by atoms with E-state index in [9.17, 15) is 13.6 Å². The fourth-order valence-corrected chi connectivity index (χ4v) is 3.04. The number of carbonyl (C=O) groups is 1. The van der Waals surface area contributed by atoms with Crippen LogP contribution in [0.15, 0.2) is 12.1 Å². The van der Waals surface area contributed by atoms with Crippen molar-refractivity contribution in [1.82, 2.24) is 4.90 Å². The standard InChI is InChI=1S/C17H22F2N2O5/c1-17(2)25-10-11(26-17)9-24-15-8-14(12(18)7-13(15)19)20-3-5-21(6-4-20)16(22)23/h7-8,11H,3-6,9-10H2,1-2H3,(H,22,23)/t11-/m0/s1. The second-order valence-electron chi connectivity index (χ2n) is 6.75. The lowest BCUT2D eigenvalue weighted by molar-refractivity contribution is -0.141. The number of hydrogen-bond donors (Lipinski definition) is 1. The Morgan fingerprint density at radius 3 is 2.54 bits per heavy atom. The Morgan fingerprint density at radius 1 is 1.27 bits per heavy atom. The number of ether oxygens (including phenoxy) is 3. The highest BCUT2D eigenvalue weighted by Gasteiger charge is 2.33. The van der Waals surface area contributed by atoms with Crippen molar-refractivity contribution >= 4 is 11.8 Å². The molecule has 0 aromatic heterocycles. The predicted octanol–water partition coefficient (Wildman–Crippen LogP) is 2.30. The average molecular weight is 372 g/mol. The van der Waals surface area contributed by atoms with Gasteiger partial charge in [0, 0.05) is 38.3 Å². The fraction of sp³-hybridized carbons (Fsp3) is 0.588. The molecule has 2 saturated heterocycles. The minimum Gasteiger partial charge on any atom is -0.488 e. The van der Waals surface area contributed by atoms with Gasteiger partial charge in [0.05, 0.1) is 12.3 Å². The highest BCUT2D eigenvalue weighted by Crippen LogP contribution is 2.30. The van der Waals surface area contributed by atoms with Gasteiger partial charge < -0.3 is 29.1 Å². The Kier molecular flexibility index (Phi) is 5.19. The molecule has 0 saturated carbocycles. The summed E-state index contributed by atoms with van der Waals surface area (Å²) in [5, 5.41) is 8.98. The Morgan fingerprint density at radius 2 is 1.96 bits per heavy atom. The third-order valence-electron chi connectivity index (χ3n) is 4.38. The van der Waals surface area contributed by atoms with E-state index in [1.165, 1.54) is 11.0 Å². The summed E-state index contributed by atoms with van der Waals surface area (Å²) in [4.78, 5) is 13.9. The number of carboxylic acid groups (broad SMARTS) is 1. The molecule has 26 heavy (non-hydrogen) atoms. The molecule has 144 valence electrons. The summed E-state index contributed by atoms with van der Waals surface area (Å²) >= 11 is 0. The molecule has 0 spiro atoms. The second kappa shape index (κ2) is 7.24. The molecule has 1 N–H and O–H groups in total. The third-order valence-corrected chi connectivity index (χ3v) is 4.38. The molecule has 2 heterocycles. The van der Waals surface area contributed by atoms with Gasteiger partial charge >= 0.3 is 6.09 Å². The molecule has 1 amide bonds.